The summed E-state index contributed by atoms with van der Waals surface area (Å²) < 4.78 is 14.6. The van der Waals surface area contributed by atoms with Gasteiger partial charge < -0.3 is 4.90 Å². The molecule has 0 unspecified atom stereocenters. The van der Waals surface area contributed by atoms with Crippen LogP contribution in [0.2, 0.25) is 5.02 Å². The first-order chi connectivity index (χ1) is 8.99. The maximum atomic E-state index is 13.7. The SMILES string of the molecule is CN(Cc1cc(Br)cs1)C(=O)c1c(F)cccc1Cl. The number of rotatable bonds is 3. The molecule has 0 N–H and O–H groups in total. The molecule has 1 aromatic carbocycles. The zero-order chi connectivity index (χ0) is 14.0. The van der Waals surface area contributed by atoms with Crippen molar-refractivity contribution < 1.29 is 9.18 Å². The Morgan fingerprint density at radius 1 is 1.53 bits per heavy atom. The summed E-state index contributed by atoms with van der Waals surface area (Å²) in [6.45, 7) is 0.416. The van der Waals surface area contributed by atoms with Crippen LogP contribution in [-0.2, 0) is 6.54 Å². The van der Waals surface area contributed by atoms with Crippen molar-refractivity contribution in [1.82, 2.24) is 4.90 Å². The number of hydrogen-bond acceptors (Lipinski definition) is 2. The van der Waals surface area contributed by atoms with E-state index in [1.54, 1.807) is 7.05 Å². The van der Waals surface area contributed by atoms with Gasteiger partial charge in [0.15, 0.2) is 0 Å². The van der Waals surface area contributed by atoms with Gasteiger partial charge in [-0.3, -0.25) is 4.79 Å². The van der Waals surface area contributed by atoms with Gasteiger partial charge in [-0.05, 0) is 34.1 Å². The normalized spacial score (nSPS) is 10.5. The number of halogens is 3. The Kier molecular flexibility index (Phi) is 4.60. The van der Waals surface area contributed by atoms with Crippen LogP contribution in [0.25, 0.3) is 0 Å². The standard InChI is InChI=1S/C13H10BrClFNOS/c1-17(6-9-5-8(14)7-19-9)13(18)12-10(15)3-2-4-11(12)16/h2-5,7H,6H2,1H3. The molecule has 0 saturated carbocycles. The molecule has 0 atom stereocenters. The maximum Gasteiger partial charge on any atom is 0.258 e. The molecule has 0 bridgehead atoms. The average Bonchev–Trinajstić information content (AvgIpc) is 2.74. The van der Waals surface area contributed by atoms with Gasteiger partial charge in [0.2, 0.25) is 0 Å². The van der Waals surface area contributed by atoms with E-state index in [4.69, 9.17) is 11.6 Å². The highest BCUT2D eigenvalue weighted by atomic mass is 79.9. The molecule has 2 nitrogen and oxygen atoms in total. The molecule has 1 amide bonds. The molecule has 6 heteroatoms. The van der Waals surface area contributed by atoms with E-state index >= 15 is 0 Å². The van der Waals surface area contributed by atoms with E-state index in [1.807, 2.05) is 11.4 Å². The summed E-state index contributed by atoms with van der Waals surface area (Å²) in [5.74, 6) is -1.02. The number of nitrogens with zero attached hydrogens (tertiary/aromatic N) is 1. The van der Waals surface area contributed by atoms with Crippen LogP contribution < -0.4 is 0 Å². The van der Waals surface area contributed by atoms with Gasteiger partial charge in [0.25, 0.3) is 5.91 Å². The Morgan fingerprint density at radius 3 is 2.84 bits per heavy atom. The Labute approximate surface area is 127 Å². The van der Waals surface area contributed by atoms with Gasteiger partial charge in [0.05, 0.1) is 17.1 Å². The second-order valence-electron chi connectivity index (χ2n) is 3.99. The van der Waals surface area contributed by atoms with E-state index in [1.165, 1.54) is 34.4 Å². The molecule has 0 radical (unpaired) electrons. The topological polar surface area (TPSA) is 20.3 Å². The second kappa shape index (κ2) is 6.03. The van der Waals surface area contributed by atoms with Gasteiger partial charge in [0, 0.05) is 21.8 Å². The summed E-state index contributed by atoms with van der Waals surface area (Å²) in [7, 11) is 1.62. The highest BCUT2D eigenvalue weighted by molar-refractivity contribution is 9.10. The molecule has 0 aliphatic rings. The van der Waals surface area contributed by atoms with Gasteiger partial charge in [-0.2, -0.15) is 0 Å². The van der Waals surface area contributed by atoms with E-state index in [-0.39, 0.29) is 10.6 Å². The predicted octanol–water partition coefficient (Wildman–Crippen LogP) is 4.58. The van der Waals surface area contributed by atoms with Crippen molar-refractivity contribution >= 4 is 44.8 Å². The fourth-order valence-electron chi connectivity index (χ4n) is 1.64. The second-order valence-corrected chi connectivity index (χ2v) is 6.31. The first-order valence-corrected chi connectivity index (χ1v) is 7.46. The monoisotopic (exact) mass is 361 g/mol. The lowest BCUT2D eigenvalue weighted by Gasteiger charge is -2.17. The third-order valence-corrected chi connectivity index (χ3v) is 4.54. The minimum absolute atomic E-state index is 0.0812. The van der Waals surface area contributed by atoms with E-state index in [9.17, 15) is 9.18 Å². The van der Waals surface area contributed by atoms with Crippen molar-refractivity contribution in [3.63, 3.8) is 0 Å². The number of benzene rings is 1. The van der Waals surface area contributed by atoms with Crippen LogP contribution >= 0.6 is 38.9 Å². The molecule has 0 aliphatic heterocycles. The smallest absolute Gasteiger partial charge is 0.258 e. The Balaban J connectivity index is 2.19. The summed E-state index contributed by atoms with van der Waals surface area (Å²) in [5, 5.41) is 2.06. The fourth-order valence-corrected chi connectivity index (χ4v) is 3.38. The molecule has 0 aliphatic carbocycles. The minimum Gasteiger partial charge on any atom is -0.336 e. The zero-order valence-corrected chi connectivity index (χ0v) is 13.1. The number of carbonyl (C=O) groups is 1. The van der Waals surface area contributed by atoms with Gasteiger partial charge in [0.1, 0.15) is 5.82 Å². The Hall–Kier alpha value is -0.910. The molecule has 2 rings (SSSR count). The molecule has 1 aromatic heterocycles. The van der Waals surface area contributed by atoms with Gasteiger partial charge in [-0.15, -0.1) is 11.3 Å². The molecular weight excluding hydrogens is 353 g/mol. The minimum atomic E-state index is -0.600. The van der Waals surface area contributed by atoms with Crippen molar-refractivity contribution in [2.45, 2.75) is 6.54 Å². The third kappa shape index (κ3) is 3.35. The summed E-state index contributed by atoms with van der Waals surface area (Å²) in [6.07, 6.45) is 0. The van der Waals surface area contributed by atoms with Gasteiger partial charge >= 0.3 is 0 Å². The van der Waals surface area contributed by atoms with Crippen molar-refractivity contribution in [3.05, 3.63) is 55.4 Å². The lowest BCUT2D eigenvalue weighted by Crippen LogP contribution is -2.27. The van der Waals surface area contributed by atoms with E-state index in [0.29, 0.717) is 6.54 Å². The fraction of sp³-hybridized carbons (Fsp3) is 0.154. The highest BCUT2D eigenvalue weighted by Gasteiger charge is 2.19. The van der Waals surface area contributed by atoms with Crippen molar-refractivity contribution in [2.75, 3.05) is 7.05 Å². The van der Waals surface area contributed by atoms with E-state index in [2.05, 4.69) is 15.9 Å². The molecule has 0 spiro atoms. The number of thiophene rings is 1. The highest BCUT2D eigenvalue weighted by Crippen LogP contribution is 2.24. The summed E-state index contributed by atoms with van der Waals surface area (Å²) in [4.78, 5) is 14.6. The largest absolute Gasteiger partial charge is 0.336 e. The van der Waals surface area contributed by atoms with Crippen LogP contribution in [0, 0.1) is 5.82 Å². The van der Waals surface area contributed by atoms with E-state index < -0.39 is 11.7 Å². The molecule has 2 aromatic rings. The zero-order valence-electron chi connectivity index (χ0n) is 9.99. The van der Waals surface area contributed by atoms with Crippen molar-refractivity contribution in [3.8, 4) is 0 Å². The summed E-state index contributed by atoms with van der Waals surface area (Å²) in [5.41, 5.74) is -0.0812. The van der Waals surface area contributed by atoms with Crippen LogP contribution in [0.4, 0.5) is 4.39 Å². The van der Waals surface area contributed by atoms with Crippen LogP contribution in [0.5, 0.6) is 0 Å². The van der Waals surface area contributed by atoms with Crippen LogP contribution in [0.15, 0.2) is 34.1 Å². The summed E-state index contributed by atoms with van der Waals surface area (Å²) in [6, 6.07) is 6.14. The lowest BCUT2D eigenvalue weighted by atomic mass is 10.2. The molecular formula is C13H10BrClFNOS. The Bertz CT molecular complexity index is 596. The van der Waals surface area contributed by atoms with Crippen LogP contribution in [0.3, 0.4) is 0 Å². The van der Waals surface area contributed by atoms with Crippen molar-refractivity contribution in [2.24, 2.45) is 0 Å². The predicted molar refractivity (Wildman–Crippen MR) is 79.2 cm³/mol. The number of amides is 1. The third-order valence-electron chi connectivity index (χ3n) is 2.54. The molecule has 0 fully saturated rings. The maximum absolute atomic E-state index is 13.7. The lowest BCUT2D eigenvalue weighted by molar-refractivity contribution is 0.0782. The van der Waals surface area contributed by atoms with Gasteiger partial charge in [-0.25, -0.2) is 4.39 Å². The molecule has 0 saturated heterocycles. The molecule has 1 heterocycles. The number of hydrogen-bond donors (Lipinski definition) is 0. The summed E-state index contributed by atoms with van der Waals surface area (Å²) >= 11 is 10.8. The number of carbonyl (C=O) groups excluding carboxylic acids is 1. The average molecular weight is 363 g/mol. The Morgan fingerprint density at radius 2 is 2.26 bits per heavy atom. The van der Waals surface area contributed by atoms with Crippen LogP contribution in [0.1, 0.15) is 15.2 Å². The van der Waals surface area contributed by atoms with Crippen LogP contribution in [-0.4, -0.2) is 17.9 Å². The molecule has 100 valence electrons. The van der Waals surface area contributed by atoms with E-state index in [0.717, 1.165) is 9.35 Å². The molecule has 19 heavy (non-hydrogen) atoms. The van der Waals surface area contributed by atoms with Crippen molar-refractivity contribution in [1.29, 1.82) is 0 Å². The van der Waals surface area contributed by atoms with Gasteiger partial charge in [-0.1, -0.05) is 17.7 Å². The first-order valence-electron chi connectivity index (χ1n) is 5.41. The first kappa shape index (κ1) is 14.5. The quantitative estimate of drug-likeness (QED) is 0.783.